The lowest BCUT2D eigenvalue weighted by molar-refractivity contribution is 0.0937. The zero-order valence-electron chi connectivity index (χ0n) is 11.9. The Labute approximate surface area is 124 Å². The number of carbonyl (C=O) groups is 1. The first kappa shape index (κ1) is 13.6. The lowest BCUT2D eigenvalue weighted by atomic mass is 10.2. The molecule has 4 nitrogen and oxygen atoms in total. The Morgan fingerprint density at radius 2 is 1.81 bits per heavy atom. The number of carbonyl (C=O) groups excluding carboxylic acids is 1. The van der Waals surface area contributed by atoms with Gasteiger partial charge < -0.3 is 10.6 Å². The van der Waals surface area contributed by atoms with Crippen molar-refractivity contribution in [2.75, 3.05) is 5.32 Å². The fourth-order valence-electron chi connectivity index (χ4n) is 2.61. The number of para-hydroxylation sites is 1. The normalized spacial score (nSPS) is 14.9. The van der Waals surface area contributed by atoms with Gasteiger partial charge in [-0.25, -0.2) is 4.98 Å². The van der Waals surface area contributed by atoms with Crippen LogP contribution in [-0.2, 0) is 0 Å². The second-order valence-electron chi connectivity index (χ2n) is 5.38. The third-order valence-corrected chi connectivity index (χ3v) is 3.76. The van der Waals surface area contributed by atoms with E-state index < -0.39 is 0 Å². The molecule has 1 aliphatic rings. The average Bonchev–Trinajstić information content (AvgIpc) is 3.02. The molecule has 108 valence electrons. The van der Waals surface area contributed by atoms with E-state index in [-0.39, 0.29) is 5.91 Å². The van der Waals surface area contributed by atoms with Crippen LogP contribution in [0, 0.1) is 0 Å². The van der Waals surface area contributed by atoms with Crippen LogP contribution in [0.5, 0.6) is 0 Å². The van der Waals surface area contributed by atoms with Gasteiger partial charge in [-0.3, -0.25) is 4.79 Å². The van der Waals surface area contributed by atoms with E-state index in [0.717, 1.165) is 24.3 Å². The molecule has 0 bridgehead atoms. The highest BCUT2D eigenvalue weighted by atomic mass is 16.1. The highest BCUT2D eigenvalue weighted by Crippen LogP contribution is 2.18. The number of rotatable bonds is 4. The second kappa shape index (κ2) is 6.39. The minimum absolute atomic E-state index is 0.0272. The summed E-state index contributed by atoms with van der Waals surface area (Å²) < 4.78 is 0. The van der Waals surface area contributed by atoms with Crippen LogP contribution < -0.4 is 10.6 Å². The van der Waals surface area contributed by atoms with Crippen LogP contribution in [0.1, 0.15) is 36.0 Å². The molecule has 3 rings (SSSR count). The molecule has 4 heteroatoms. The monoisotopic (exact) mass is 281 g/mol. The molecule has 1 saturated carbocycles. The van der Waals surface area contributed by atoms with Gasteiger partial charge in [0.1, 0.15) is 5.82 Å². The van der Waals surface area contributed by atoms with Crippen molar-refractivity contribution in [2.45, 2.75) is 31.7 Å². The van der Waals surface area contributed by atoms with Gasteiger partial charge in [-0.2, -0.15) is 0 Å². The van der Waals surface area contributed by atoms with Crippen molar-refractivity contribution >= 4 is 17.4 Å². The van der Waals surface area contributed by atoms with Crippen LogP contribution in [0.2, 0.25) is 0 Å². The Morgan fingerprint density at radius 3 is 2.48 bits per heavy atom. The number of benzene rings is 1. The van der Waals surface area contributed by atoms with Crippen molar-refractivity contribution in [3.63, 3.8) is 0 Å². The molecule has 0 unspecified atom stereocenters. The van der Waals surface area contributed by atoms with Crippen molar-refractivity contribution in [3.8, 4) is 0 Å². The molecule has 0 saturated heterocycles. The van der Waals surface area contributed by atoms with E-state index in [1.807, 2.05) is 42.5 Å². The molecule has 0 aliphatic heterocycles. The summed E-state index contributed by atoms with van der Waals surface area (Å²) >= 11 is 0. The number of hydrogen-bond donors (Lipinski definition) is 2. The highest BCUT2D eigenvalue weighted by Gasteiger charge is 2.17. The average molecular weight is 281 g/mol. The van der Waals surface area contributed by atoms with Crippen LogP contribution in [-0.4, -0.2) is 16.9 Å². The maximum atomic E-state index is 12.1. The van der Waals surface area contributed by atoms with E-state index in [1.165, 1.54) is 12.8 Å². The van der Waals surface area contributed by atoms with Crippen molar-refractivity contribution < 1.29 is 4.79 Å². The van der Waals surface area contributed by atoms with Gasteiger partial charge in [0, 0.05) is 17.9 Å². The van der Waals surface area contributed by atoms with Crippen molar-refractivity contribution in [1.82, 2.24) is 10.3 Å². The SMILES string of the molecule is O=C(NC1CCCC1)c1ccc(Nc2ccccc2)nc1. The van der Waals surface area contributed by atoms with Gasteiger partial charge in [0.05, 0.1) is 5.56 Å². The topological polar surface area (TPSA) is 54.0 Å². The third-order valence-electron chi connectivity index (χ3n) is 3.76. The molecule has 0 spiro atoms. The van der Waals surface area contributed by atoms with E-state index >= 15 is 0 Å². The number of nitrogens with zero attached hydrogens (tertiary/aromatic N) is 1. The Hall–Kier alpha value is -2.36. The summed E-state index contributed by atoms with van der Waals surface area (Å²) in [5.74, 6) is 0.708. The molecule has 1 fully saturated rings. The van der Waals surface area contributed by atoms with Gasteiger partial charge in [-0.15, -0.1) is 0 Å². The number of hydrogen-bond acceptors (Lipinski definition) is 3. The molecule has 21 heavy (non-hydrogen) atoms. The molecule has 2 N–H and O–H groups in total. The highest BCUT2D eigenvalue weighted by molar-refractivity contribution is 5.94. The first-order chi connectivity index (χ1) is 10.3. The molecule has 1 aliphatic carbocycles. The molecule has 1 aromatic carbocycles. The molecule has 0 atom stereocenters. The smallest absolute Gasteiger partial charge is 0.253 e. The van der Waals surface area contributed by atoms with Crippen molar-refractivity contribution in [3.05, 3.63) is 54.2 Å². The number of anilines is 2. The van der Waals surface area contributed by atoms with Gasteiger partial charge in [0.25, 0.3) is 5.91 Å². The molecule has 1 heterocycles. The maximum Gasteiger partial charge on any atom is 0.253 e. The summed E-state index contributed by atoms with van der Waals surface area (Å²) in [6.45, 7) is 0. The summed E-state index contributed by atoms with van der Waals surface area (Å²) in [5, 5.41) is 6.27. The van der Waals surface area contributed by atoms with Gasteiger partial charge in [-0.1, -0.05) is 31.0 Å². The lowest BCUT2D eigenvalue weighted by Crippen LogP contribution is -2.32. The molecule has 2 aromatic rings. The maximum absolute atomic E-state index is 12.1. The molecule has 0 radical (unpaired) electrons. The van der Waals surface area contributed by atoms with Crippen LogP contribution in [0.25, 0.3) is 0 Å². The zero-order valence-corrected chi connectivity index (χ0v) is 11.9. The molecular weight excluding hydrogens is 262 g/mol. The first-order valence-corrected chi connectivity index (χ1v) is 7.40. The summed E-state index contributed by atoms with van der Waals surface area (Å²) in [6, 6.07) is 13.8. The predicted octanol–water partition coefficient (Wildman–Crippen LogP) is 3.50. The van der Waals surface area contributed by atoms with E-state index in [4.69, 9.17) is 0 Å². The van der Waals surface area contributed by atoms with Gasteiger partial charge in [0.2, 0.25) is 0 Å². The summed E-state index contributed by atoms with van der Waals surface area (Å²) in [7, 11) is 0. The third kappa shape index (κ3) is 3.60. The van der Waals surface area contributed by atoms with E-state index in [9.17, 15) is 4.79 Å². The Balaban J connectivity index is 1.62. The first-order valence-electron chi connectivity index (χ1n) is 7.40. The fraction of sp³-hybridized carbons (Fsp3) is 0.294. The van der Waals surface area contributed by atoms with Gasteiger partial charge in [0.15, 0.2) is 0 Å². The fourth-order valence-corrected chi connectivity index (χ4v) is 2.61. The van der Waals surface area contributed by atoms with Gasteiger partial charge >= 0.3 is 0 Å². The summed E-state index contributed by atoms with van der Waals surface area (Å²) in [5.41, 5.74) is 1.59. The molecule has 1 aromatic heterocycles. The standard InChI is InChI=1S/C17H19N3O/c21-17(20-15-8-4-5-9-15)13-10-11-16(18-12-13)19-14-6-2-1-3-7-14/h1-3,6-7,10-12,15H,4-5,8-9H2,(H,18,19)(H,20,21). The predicted molar refractivity (Wildman–Crippen MR) is 83.7 cm³/mol. The largest absolute Gasteiger partial charge is 0.349 e. The van der Waals surface area contributed by atoms with Crippen molar-refractivity contribution in [2.24, 2.45) is 0 Å². The quantitative estimate of drug-likeness (QED) is 0.902. The van der Waals surface area contributed by atoms with Crippen LogP contribution in [0.3, 0.4) is 0 Å². The summed E-state index contributed by atoms with van der Waals surface area (Å²) in [6.07, 6.45) is 6.22. The van der Waals surface area contributed by atoms with E-state index in [0.29, 0.717) is 11.6 Å². The van der Waals surface area contributed by atoms with E-state index in [1.54, 1.807) is 6.20 Å². The van der Waals surface area contributed by atoms with Crippen LogP contribution in [0.15, 0.2) is 48.7 Å². The molecular formula is C17H19N3O. The zero-order chi connectivity index (χ0) is 14.5. The lowest BCUT2D eigenvalue weighted by Gasteiger charge is -2.12. The Morgan fingerprint density at radius 1 is 1.05 bits per heavy atom. The molecule has 1 amide bonds. The minimum atomic E-state index is -0.0272. The second-order valence-corrected chi connectivity index (χ2v) is 5.38. The van der Waals surface area contributed by atoms with Crippen LogP contribution in [0.4, 0.5) is 11.5 Å². The number of aromatic nitrogens is 1. The van der Waals surface area contributed by atoms with Crippen LogP contribution >= 0.6 is 0 Å². The summed E-state index contributed by atoms with van der Waals surface area (Å²) in [4.78, 5) is 16.4. The Bertz CT molecular complexity index is 589. The van der Waals surface area contributed by atoms with Gasteiger partial charge in [-0.05, 0) is 37.1 Å². The number of nitrogens with one attached hydrogen (secondary N) is 2. The number of pyridine rings is 1. The van der Waals surface area contributed by atoms with Crippen molar-refractivity contribution in [1.29, 1.82) is 0 Å². The van der Waals surface area contributed by atoms with E-state index in [2.05, 4.69) is 15.6 Å². The minimum Gasteiger partial charge on any atom is -0.349 e. The number of amides is 1. The Kier molecular flexibility index (Phi) is 4.15.